The van der Waals surface area contributed by atoms with Crippen molar-refractivity contribution in [3.8, 4) is 0 Å². The summed E-state index contributed by atoms with van der Waals surface area (Å²) < 4.78 is 19.0. The highest BCUT2D eigenvalue weighted by molar-refractivity contribution is 5.94. The van der Waals surface area contributed by atoms with Crippen LogP contribution in [0, 0.1) is 11.7 Å². The topological polar surface area (TPSA) is 74.8 Å². The Balaban J connectivity index is 1.60. The van der Waals surface area contributed by atoms with Crippen molar-refractivity contribution >= 4 is 23.5 Å². The molecule has 1 fully saturated rings. The molecule has 3 atom stereocenters. The first-order chi connectivity index (χ1) is 16.9. The number of aromatic nitrogens is 1. The SMILES string of the molecule is CC(=O)N1c2ccc(C3CCN(C(=O)OC(C)(C)C)CC3)cc2C(Nc2ccc(F)cn2)[C@@H](C)[C@@H]1C. The van der Waals surface area contributed by atoms with Crippen molar-refractivity contribution in [1.82, 2.24) is 9.88 Å². The van der Waals surface area contributed by atoms with Gasteiger partial charge in [-0.15, -0.1) is 0 Å². The van der Waals surface area contributed by atoms with Crippen molar-refractivity contribution in [3.05, 3.63) is 53.5 Å². The van der Waals surface area contributed by atoms with Crippen LogP contribution in [0.4, 0.5) is 20.7 Å². The first-order valence-corrected chi connectivity index (χ1v) is 12.7. The molecule has 0 bridgehead atoms. The lowest BCUT2D eigenvalue weighted by molar-refractivity contribution is -0.117. The molecule has 2 amide bonds. The van der Waals surface area contributed by atoms with Crippen LogP contribution in [0.2, 0.25) is 0 Å². The number of anilines is 2. The molecule has 1 aromatic heterocycles. The Kier molecular flexibility index (Phi) is 7.25. The van der Waals surface area contributed by atoms with Gasteiger partial charge in [-0.2, -0.15) is 0 Å². The third-order valence-electron chi connectivity index (χ3n) is 7.33. The summed E-state index contributed by atoms with van der Waals surface area (Å²) in [6.07, 6.45) is 2.63. The lowest BCUT2D eigenvalue weighted by Gasteiger charge is -2.44. The number of nitrogens with one attached hydrogen (secondary N) is 1. The number of pyridine rings is 1. The number of likely N-dealkylation sites (tertiary alicyclic amines) is 1. The molecule has 36 heavy (non-hydrogen) atoms. The Hall–Kier alpha value is -3.16. The minimum absolute atomic E-state index is 0.00683. The third kappa shape index (κ3) is 5.47. The number of ether oxygens (including phenoxy) is 1. The molecule has 7 nitrogen and oxygen atoms in total. The van der Waals surface area contributed by atoms with Crippen LogP contribution < -0.4 is 10.2 Å². The minimum Gasteiger partial charge on any atom is -0.444 e. The summed E-state index contributed by atoms with van der Waals surface area (Å²) in [5, 5.41) is 3.49. The summed E-state index contributed by atoms with van der Waals surface area (Å²) in [7, 11) is 0. The molecule has 1 N–H and O–H groups in total. The van der Waals surface area contributed by atoms with Gasteiger partial charge in [0.1, 0.15) is 17.2 Å². The molecule has 8 heteroatoms. The molecule has 194 valence electrons. The van der Waals surface area contributed by atoms with Crippen molar-refractivity contribution in [3.63, 3.8) is 0 Å². The van der Waals surface area contributed by atoms with E-state index >= 15 is 0 Å². The molecular weight excluding hydrogens is 459 g/mol. The number of benzene rings is 1. The first kappa shape index (κ1) is 25.9. The van der Waals surface area contributed by atoms with Gasteiger partial charge >= 0.3 is 6.09 Å². The van der Waals surface area contributed by atoms with Gasteiger partial charge in [-0.3, -0.25) is 4.79 Å². The zero-order valence-corrected chi connectivity index (χ0v) is 22.0. The summed E-state index contributed by atoms with van der Waals surface area (Å²) in [5.41, 5.74) is 2.61. The van der Waals surface area contributed by atoms with Gasteiger partial charge in [-0.25, -0.2) is 14.2 Å². The van der Waals surface area contributed by atoms with E-state index in [0.29, 0.717) is 24.8 Å². The van der Waals surface area contributed by atoms with Gasteiger partial charge in [0.15, 0.2) is 0 Å². The zero-order valence-electron chi connectivity index (χ0n) is 22.0. The number of rotatable bonds is 3. The van der Waals surface area contributed by atoms with Gasteiger partial charge in [-0.05, 0) is 75.8 Å². The van der Waals surface area contributed by atoms with Crippen molar-refractivity contribution in [2.24, 2.45) is 5.92 Å². The molecule has 1 aromatic carbocycles. The van der Waals surface area contributed by atoms with Gasteiger partial charge in [-0.1, -0.05) is 19.1 Å². The smallest absolute Gasteiger partial charge is 0.410 e. The molecule has 0 aliphatic carbocycles. The lowest BCUT2D eigenvalue weighted by atomic mass is 9.80. The highest BCUT2D eigenvalue weighted by Crippen LogP contribution is 2.44. The number of hydrogen-bond acceptors (Lipinski definition) is 5. The largest absolute Gasteiger partial charge is 0.444 e. The summed E-state index contributed by atoms with van der Waals surface area (Å²) in [5.74, 6) is 0.622. The molecule has 1 saturated heterocycles. The molecule has 2 aromatic rings. The van der Waals surface area contributed by atoms with Gasteiger partial charge in [0.05, 0.1) is 12.2 Å². The highest BCUT2D eigenvalue weighted by Gasteiger charge is 2.39. The maximum absolute atomic E-state index is 13.4. The summed E-state index contributed by atoms with van der Waals surface area (Å²) in [4.78, 5) is 32.9. The first-order valence-electron chi connectivity index (χ1n) is 12.7. The van der Waals surface area contributed by atoms with E-state index in [4.69, 9.17) is 4.74 Å². The predicted octanol–water partition coefficient (Wildman–Crippen LogP) is 5.88. The standard InChI is InChI=1S/C28H37FN4O3/c1-17-18(2)33(19(3)34)24-9-7-21(15-23(24)26(17)31-25-10-8-22(29)16-30-25)20-11-13-32(14-12-20)27(35)36-28(4,5)6/h7-10,15-18,20,26H,11-14H2,1-6H3,(H,30,31)/t17-,18-,26?/m0/s1. The number of amides is 2. The number of carbonyl (C=O) groups is 2. The summed E-state index contributed by atoms with van der Waals surface area (Å²) >= 11 is 0. The van der Waals surface area contributed by atoms with Crippen LogP contribution in [0.1, 0.15) is 77.5 Å². The number of carbonyl (C=O) groups excluding carboxylic acids is 2. The van der Waals surface area contributed by atoms with Crippen molar-refractivity contribution in [2.75, 3.05) is 23.3 Å². The van der Waals surface area contributed by atoms with Crippen LogP contribution in [-0.2, 0) is 9.53 Å². The number of halogens is 1. The van der Waals surface area contributed by atoms with Crippen LogP contribution in [0.5, 0.6) is 0 Å². The number of fused-ring (bicyclic) bond motifs is 1. The van der Waals surface area contributed by atoms with Crippen molar-refractivity contribution < 1.29 is 18.7 Å². The van der Waals surface area contributed by atoms with E-state index in [1.165, 1.54) is 17.8 Å². The fraction of sp³-hybridized carbons (Fsp3) is 0.536. The monoisotopic (exact) mass is 496 g/mol. The van der Waals surface area contributed by atoms with E-state index < -0.39 is 5.60 Å². The van der Waals surface area contributed by atoms with E-state index in [1.807, 2.05) is 31.7 Å². The fourth-order valence-corrected chi connectivity index (χ4v) is 5.32. The van der Waals surface area contributed by atoms with Crippen LogP contribution in [0.3, 0.4) is 0 Å². The highest BCUT2D eigenvalue weighted by atomic mass is 19.1. The minimum atomic E-state index is -0.510. The average Bonchev–Trinajstić information content (AvgIpc) is 2.82. The molecule has 3 heterocycles. The Labute approximate surface area is 213 Å². The van der Waals surface area contributed by atoms with E-state index in [0.717, 1.165) is 24.1 Å². The molecule has 0 radical (unpaired) electrons. The second kappa shape index (κ2) is 10.1. The van der Waals surface area contributed by atoms with E-state index in [-0.39, 0.29) is 35.8 Å². The van der Waals surface area contributed by atoms with Crippen LogP contribution >= 0.6 is 0 Å². The van der Waals surface area contributed by atoms with Crippen LogP contribution in [0.15, 0.2) is 36.5 Å². The van der Waals surface area contributed by atoms with Gasteiger partial charge in [0.25, 0.3) is 0 Å². The average molecular weight is 497 g/mol. The lowest BCUT2D eigenvalue weighted by Crippen LogP contribution is -2.48. The Morgan fingerprint density at radius 1 is 1.11 bits per heavy atom. The predicted molar refractivity (Wildman–Crippen MR) is 139 cm³/mol. The van der Waals surface area contributed by atoms with E-state index in [2.05, 4.69) is 36.3 Å². The quantitative estimate of drug-likeness (QED) is 0.574. The molecule has 2 aliphatic heterocycles. The molecule has 2 aliphatic rings. The summed E-state index contributed by atoms with van der Waals surface area (Å²) in [6.45, 7) is 12.7. The zero-order chi connectivity index (χ0) is 26.2. The van der Waals surface area contributed by atoms with E-state index in [9.17, 15) is 14.0 Å². The van der Waals surface area contributed by atoms with E-state index in [1.54, 1.807) is 17.9 Å². The molecule has 0 spiro atoms. The van der Waals surface area contributed by atoms with Gasteiger partial charge in [0.2, 0.25) is 5.91 Å². The second-order valence-electron chi connectivity index (χ2n) is 11.0. The van der Waals surface area contributed by atoms with Crippen LogP contribution in [0.25, 0.3) is 0 Å². The fourth-order valence-electron chi connectivity index (χ4n) is 5.32. The Morgan fingerprint density at radius 2 is 1.81 bits per heavy atom. The number of nitrogens with zero attached hydrogens (tertiary/aromatic N) is 3. The molecular formula is C28H37FN4O3. The number of hydrogen-bond donors (Lipinski definition) is 1. The normalized spacial score (nSPS) is 22.7. The molecule has 0 saturated carbocycles. The van der Waals surface area contributed by atoms with Crippen molar-refractivity contribution in [1.29, 1.82) is 0 Å². The van der Waals surface area contributed by atoms with Crippen LogP contribution in [-0.4, -0.2) is 46.6 Å². The van der Waals surface area contributed by atoms with Crippen molar-refractivity contribution in [2.45, 2.75) is 78.0 Å². The maximum Gasteiger partial charge on any atom is 0.410 e. The third-order valence-corrected chi connectivity index (χ3v) is 7.33. The second-order valence-corrected chi connectivity index (χ2v) is 11.0. The maximum atomic E-state index is 13.4. The summed E-state index contributed by atoms with van der Waals surface area (Å²) in [6, 6.07) is 9.27. The molecule has 1 unspecified atom stereocenters. The number of piperidine rings is 1. The van der Waals surface area contributed by atoms with Gasteiger partial charge < -0.3 is 19.9 Å². The Bertz CT molecular complexity index is 1110. The Morgan fingerprint density at radius 3 is 2.39 bits per heavy atom. The van der Waals surface area contributed by atoms with Gasteiger partial charge in [0, 0.05) is 37.7 Å². The molecule has 4 rings (SSSR count).